The molecule has 0 radical (unpaired) electrons. The zero-order valence-corrected chi connectivity index (χ0v) is 13.0. The molecule has 1 aliphatic carbocycles. The van der Waals surface area contributed by atoms with E-state index >= 15 is 0 Å². The number of carbonyl (C=O) groups excluding carboxylic acids is 1. The van der Waals surface area contributed by atoms with E-state index in [0.717, 1.165) is 32.2 Å². The number of amides is 1. The second kappa shape index (κ2) is 7.11. The minimum atomic E-state index is -0.826. The van der Waals surface area contributed by atoms with Gasteiger partial charge in [0, 0.05) is 31.7 Å². The maximum Gasteiger partial charge on any atom is 0.407 e. The van der Waals surface area contributed by atoms with Crippen LogP contribution in [0.3, 0.4) is 0 Å². The number of piperazine rings is 1. The van der Waals surface area contributed by atoms with Crippen LogP contribution in [-0.2, 0) is 9.53 Å². The molecule has 2 fully saturated rings. The number of hydrogen-bond acceptors (Lipinski definition) is 4. The summed E-state index contributed by atoms with van der Waals surface area (Å²) in [6.45, 7) is 6.33. The average molecular weight is 298 g/mol. The molecule has 6 nitrogen and oxygen atoms in total. The van der Waals surface area contributed by atoms with Crippen LogP contribution < -0.4 is 0 Å². The molecule has 6 heteroatoms. The fraction of sp³-hybridized carbons (Fsp3) is 0.867. The van der Waals surface area contributed by atoms with E-state index in [-0.39, 0.29) is 17.9 Å². The van der Waals surface area contributed by atoms with Crippen LogP contribution in [0.15, 0.2) is 0 Å². The molecular weight excluding hydrogens is 272 g/mol. The van der Waals surface area contributed by atoms with Gasteiger partial charge in [-0.2, -0.15) is 0 Å². The minimum Gasteiger partial charge on any atom is -0.466 e. The molecule has 0 aromatic rings. The third-order valence-electron chi connectivity index (χ3n) is 4.74. The van der Waals surface area contributed by atoms with Gasteiger partial charge in [0.25, 0.3) is 0 Å². The van der Waals surface area contributed by atoms with Crippen molar-refractivity contribution in [1.82, 2.24) is 9.80 Å². The standard InChI is InChI=1S/C15H26N2O4/c1-3-21-14(18)12-4-6-13(7-5-12)17-9-8-16(15(19)20)10-11(17)2/h11-13H,3-10H2,1-2H3,(H,19,20). The van der Waals surface area contributed by atoms with E-state index in [4.69, 9.17) is 9.84 Å². The van der Waals surface area contributed by atoms with Crippen LogP contribution in [0.25, 0.3) is 0 Å². The summed E-state index contributed by atoms with van der Waals surface area (Å²) in [5.41, 5.74) is 0. The summed E-state index contributed by atoms with van der Waals surface area (Å²) in [4.78, 5) is 26.7. The fourth-order valence-corrected chi connectivity index (χ4v) is 3.59. The van der Waals surface area contributed by atoms with Crippen LogP contribution in [0.5, 0.6) is 0 Å². The van der Waals surface area contributed by atoms with Crippen molar-refractivity contribution < 1.29 is 19.4 Å². The Balaban J connectivity index is 1.82. The summed E-state index contributed by atoms with van der Waals surface area (Å²) in [5, 5.41) is 9.05. The Hall–Kier alpha value is -1.30. The fourth-order valence-electron chi connectivity index (χ4n) is 3.59. The van der Waals surface area contributed by atoms with E-state index in [2.05, 4.69) is 11.8 Å². The van der Waals surface area contributed by atoms with Gasteiger partial charge in [0.2, 0.25) is 0 Å². The summed E-state index contributed by atoms with van der Waals surface area (Å²) in [6, 6.07) is 0.723. The first kappa shape index (κ1) is 16.1. The predicted octanol–water partition coefficient (Wildman–Crippen LogP) is 1.79. The molecule has 1 unspecified atom stereocenters. The molecule has 120 valence electrons. The molecule has 1 aliphatic heterocycles. The molecule has 1 heterocycles. The van der Waals surface area contributed by atoms with Gasteiger partial charge in [0.05, 0.1) is 12.5 Å². The van der Waals surface area contributed by atoms with Crippen molar-refractivity contribution in [3.8, 4) is 0 Å². The van der Waals surface area contributed by atoms with Gasteiger partial charge in [0.15, 0.2) is 0 Å². The third-order valence-corrected chi connectivity index (χ3v) is 4.74. The Bertz CT molecular complexity index is 380. The Labute approximate surface area is 126 Å². The van der Waals surface area contributed by atoms with Crippen molar-refractivity contribution in [2.45, 2.75) is 51.6 Å². The van der Waals surface area contributed by atoms with E-state index in [1.807, 2.05) is 6.92 Å². The van der Waals surface area contributed by atoms with Crippen molar-refractivity contribution >= 4 is 12.1 Å². The zero-order chi connectivity index (χ0) is 15.4. The summed E-state index contributed by atoms with van der Waals surface area (Å²) >= 11 is 0. The first-order valence-electron chi connectivity index (χ1n) is 7.93. The number of carbonyl (C=O) groups is 2. The van der Waals surface area contributed by atoms with Crippen LogP contribution in [-0.4, -0.2) is 65.3 Å². The van der Waals surface area contributed by atoms with Gasteiger partial charge in [0.1, 0.15) is 0 Å². The Kier molecular flexibility index (Phi) is 5.45. The molecule has 1 atom stereocenters. The lowest BCUT2D eigenvalue weighted by atomic mass is 9.84. The summed E-state index contributed by atoms with van der Waals surface area (Å²) < 4.78 is 5.10. The Morgan fingerprint density at radius 1 is 1.19 bits per heavy atom. The SMILES string of the molecule is CCOC(=O)C1CCC(N2CCN(C(=O)O)CC2C)CC1. The molecule has 1 amide bonds. The van der Waals surface area contributed by atoms with Crippen molar-refractivity contribution in [2.24, 2.45) is 5.92 Å². The van der Waals surface area contributed by atoms with Gasteiger partial charge in [-0.25, -0.2) is 4.79 Å². The Morgan fingerprint density at radius 2 is 1.86 bits per heavy atom. The lowest BCUT2D eigenvalue weighted by Crippen LogP contribution is -2.57. The van der Waals surface area contributed by atoms with Gasteiger partial charge in [-0.1, -0.05) is 0 Å². The number of ether oxygens (including phenoxy) is 1. The zero-order valence-electron chi connectivity index (χ0n) is 13.0. The number of hydrogen-bond donors (Lipinski definition) is 1. The quantitative estimate of drug-likeness (QED) is 0.804. The molecule has 0 spiro atoms. The molecule has 21 heavy (non-hydrogen) atoms. The van der Waals surface area contributed by atoms with Gasteiger partial charge in [-0.3, -0.25) is 9.69 Å². The lowest BCUT2D eigenvalue weighted by Gasteiger charge is -2.45. The summed E-state index contributed by atoms with van der Waals surface area (Å²) in [7, 11) is 0. The third kappa shape index (κ3) is 3.87. The lowest BCUT2D eigenvalue weighted by molar-refractivity contribution is -0.149. The van der Waals surface area contributed by atoms with Crippen molar-refractivity contribution in [1.29, 1.82) is 0 Å². The number of nitrogens with zero attached hydrogens (tertiary/aromatic N) is 2. The smallest absolute Gasteiger partial charge is 0.407 e. The normalized spacial score (nSPS) is 31.0. The topological polar surface area (TPSA) is 70.1 Å². The molecule has 2 aliphatic rings. The summed E-state index contributed by atoms with van der Waals surface area (Å²) in [6.07, 6.45) is 2.94. The monoisotopic (exact) mass is 298 g/mol. The molecule has 1 N–H and O–H groups in total. The highest BCUT2D eigenvalue weighted by atomic mass is 16.5. The maximum absolute atomic E-state index is 11.8. The molecule has 0 aromatic heterocycles. The van der Waals surface area contributed by atoms with E-state index in [1.54, 1.807) is 0 Å². The second-order valence-corrected chi connectivity index (χ2v) is 6.07. The maximum atomic E-state index is 11.8. The van der Waals surface area contributed by atoms with Gasteiger partial charge < -0.3 is 14.7 Å². The highest BCUT2D eigenvalue weighted by Gasteiger charge is 2.35. The van der Waals surface area contributed by atoms with Crippen molar-refractivity contribution in [3.63, 3.8) is 0 Å². The number of carboxylic acid groups (broad SMARTS) is 1. The molecule has 1 saturated carbocycles. The first-order valence-corrected chi connectivity index (χ1v) is 7.93. The van der Waals surface area contributed by atoms with Gasteiger partial charge in [-0.15, -0.1) is 0 Å². The van der Waals surface area contributed by atoms with Crippen molar-refractivity contribution in [2.75, 3.05) is 26.2 Å². The second-order valence-electron chi connectivity index (χ2n) is 6.07. The van der Waals surface area contributed by atoms with Gasteiger partial charge in [-0.05, 0) is 39.5 Å². The average Bonchev–Trinajstić information content (AvgIpc) is 2.47. The minimum absolute atomic E-state index is 0.0526. The largest absolute Gasteiger partial charge is 0.466 e. The van der Waals surface area contributed by atoms with E-state index in [0.29, 0.717) is 25.7 Å². The summed E-state index contributed by atoms with van der Waals surface area (Å²) in [5.74, 6) is -0.00323. The highest BCUT2D eigenvalue weighted by molar-refractivity contribution is 5.72. The molecular formula is C15H26N2O4. The van der Waals surface area contributed by atoms with Crippen LogP contribution in [0, 0.1) is 5.92 Å². The highest BCUT2D eigenvalue weighted by Crippen LogP contribution is 2.30. The first-order chi connectivity index (χ1) is 10.0. The van der Waals surface area contributed by atoms with Crippen LogP contribution in [0.2, 0.25) is 0 Å². The van der Waals surface area contributed by atoms with E-state index in [9.17, 15) is 9.59 Å². The van der Waals surface area contributed by atoms with Crippen LogP contribution >= 0.6 is 0 Å². The van der Waals surface area contributed by atoms with Crippen molar-refractivity contribution in [3.05, 3.63) is 0 Å². The van der Waals surface area contributed by atoms with Crippen LogP contribution in [0.4, 0.5) is 4.79 Å². The van der Waals surface area contributed by atoms with E-state index in [1.165, 1.54) is 4.90 Å². The molecule has 0 bridgehead atoms. The molecule has 2 rings (SSSR count). The Morgan fingerprint density at radius 3 is 2.38 bits per heavy atom. The number of esters is 1. The molecule has 0 aromatic carbocycles. The van der Waals surface area contributed by atoms with E-state index < -0.39 is 6.09 Å². The van der Waals surface area contributed by atoms with Gasteiger partial charge >= 0.3 is 12.1 Å². The number of rotatable bonds is 3. The van der Waals surface area contributed by atoms with Crippen LogP contribution in [0.1, 0.15) is 39.5 Å². The predicted molar refractivity (Wildman–Crippen MR) is 78.1 cm³/mol. The molecule has 1 saturated heterocycles.